The summed E-state index contributed by atoms with van der Waals surface area (Å²) in [4.78, 5) is 2.25. The molecule has 0 unspecified atom stereocenters. The fourth-order valence-corrected chi connectivity index (χ4v) is 1.58. The van der Waals surface area contributed by atoms with Crippen molar-refractivity contribution in [3.63, 3.8) is 0 Å². The predicted molar refractivity (Wildman–Crippen MR) is 57.7 cm³/mol. The molecule has 3 nitrogen and oxygen atoms in total. The maximum absolute atomic E-state index is 5.69. The van der Waals surface area contributed by atoms with Gasteiger partial charge in [0, 0.05) is 13.1 Å². The van der Waals surface area contributed by atoms with Crippen LogP contribution in [0.25, 0.3) is 0 Å². The third kappa shape index (κ3) is 2.35. The maximum atomic E-state index is 5.69. The lowest BCUT2D eigenvalue weighted by atomic mass is 10.3. The Morgan fingerprint density at radius 2 is 2.21 bits per heavy atom. The summed E-state index contributed by atoms with van der Waals surface area (Å²) in [6.07, 6.45) is 2.72. The third-order valence-electron chi connectivity index (χ3n) is 2.50. The SMILES string of the molecule is CCN(CC1CC1)c1ccc(Cl)nn1. The normalized spacial score (nSPS) is 15.6. The molecule has 0 radical (unpaired) electrons. The molecular formula is C10H14ClN3. The van der Waals surface area contributed by atoms with Crippen molar-refractivity contribution in [2.24, 2.45) is 5.92 Å². The molecule has 0 amide bonds. The van der Waals surface area contributed by atoms with Crippen molar-refractivity contribution in [3.8, 4) is 0 Å². The number of hydrogen-bond acceptors (Lipinski definition) is 3. The molecule has 0 bridgehead atoms. The molecule has 14 heavy (non-hydrogen) atoms. The van der Waals surface area contributed by atoms with Crippen LogP contribution in [0.1, 0.15) is 19.8 Å². The van der Waals surface area contributed by atoms with Crippen LogP contribution >= 0.6 is 11.6 Å². The zero-order valence-corrected chi connectivity index (χ0v) is 9.04. The topological polar surface area (TPSA) is 29.0 Å². The summed E-state index contributed by atoms with van der Waals surface area (Å²) in [6.45, 7) is 4.22. The third-order valence-corrected chi connectivity index (χ3v) is 2.70. The lowest BCUT2D eigenvalue weighted by Crippen LogP contribution is -2.26. The van der Waals surface area contributed by atoms with Gasteiger partial charge in [-0.1, -0.05) is 11.6 Å². The molecule has 1 fully saturated rings. The Kier molecular flexibility index (Phi) is 2.87. The highest BCUT2D eigenvalue weighted by molar-refractivity contribution is 6.29. The van der Waals surface area contributed by atoms with Crippen molar-refractivity contribution in [2.45, 2.75) is 19.8 Å². The molecule has 1 aliphatic rings. The Bertz CT molecular complexity index is 295. The van der Waals surface area contributed by atoms with E-state index in [0.29, 0.717) is 5.15 Å². The van der Waals surface area contributed by atoms with Gasteiger partial charge in [0.1, 0.15) is 0 Å². The van der Waals surface area contributed by atoms with E-state index >= 15 is 0 Å². The summed E-state index contributed by atoms with van der Waals surface area (Å²) in [5.41, 5.74) is 0. The van der Waals surface area contributed by atoms with Crippen molar-refractivity contribution in [2.75, 3.05) is 18.0 Å². The van der Waals surface area contributed by atoms with E-state index in [4.69, 9.17) is 11.6 Å². The zero-order valence-electron chi connectivity index (χ0n) is 8.28. The molecule has 2 rings (SSSR count). The molecule has 0 spiro atoms. The minimum Gasteiger partial charge on any atom is -0.355 e. The number of halogens is 1. The van der Waals surface area contributed by atoms with Crippen LogP contribution in [0.5, 0.6) is 0 Å². The van der Waals surface area contributed by atoms with Crippen molar-refractivity contribution >= 4 is 17.4 Å². The average Bonchev–Trinajstić information content (AvgIpc) is 3.00. The first-order valence-electron chi connectivity index (χ1n) is 5.03. The van der Waals surface area contributed by atoms with Crippen LogP contribution in [0.3, 0.4) is 0 Å². The molecular weight excluding hydrogens is 198 g/mol. The molecule has 0 atom stereocenters. The van der Waals surface area contributed by atoms with E-state index in [9.17, 15) is 0 Å². The van der Waals surface area contributed by atoms with E-state index in [1.807, 2.05) is 6.07 Å². The van der Waals surface area contributed by atoms with E-state index in [1.165, 1.54) is 12.8 Å². The standard InChI is InChI=1S/C10H14ClN3/c1-2-14(7-8-3-4-8)10-6-5-9(11)12-13-10/h5-6,8H,2-4,7H2,1H3. The van der Waals surface area contributed by atoms with E-state index in [1.54, 1.807) is 6.07 Å². The second-order valence-corrected chi connectivity index (χ2v) is 4.08. The molecule has 1 aromatic heterocycles. The summed E-state index contributed by atoms with van der Waals surface area (Å²) < 4.78 is 0. The van der Waals surface area contributed by atoms with Gasteiger partial charge in [-0.3, -0.25) is 0 Å². The van der Waals surface area contributed by atoms with Crippen LogP contribution in [0.2, 0.25) is 5.15 Å². The lowest BCUT2D eigenvalue weighted by Gasteiger charge is -2.20. The van der Waals surface area contributed by atoms with E-state index in [2.05, 4.69) is 22.0 Å². The first kappa shape index (κ1) is 9.71. The van der Waals surface area contributed by atoms with E-state index in [0.717, 1.165) is 24.8 Å². The van der Waals surface area contributed by atoms with E-state index in [-0.39, 0.29) is 0 Å². The summed E-state index contributed by atoms with van der Waals surface area (Å²) in [5, 5.41) is 8.38. The summed E-state index contributed by atoms with van der Waals surface area (Å²) >= 11 is 5.69. The Labute approximate surface area is 89.1 Å². The lowest BCUT2D eigenvalue weighted by molar-refractivity contribution is 0.724. The number of nitrogens with zero attached hydrogens (tertiary/aromatic N) is 3. The Morgan fingerprint density at radius 3 is 2.71 bits per heavy atom. The number of aromatic nitrogens is 2. The maximum Gasteiger partial charge on any atom is 0.151 e. The largest absolute Gasteiger partial charge is 0.355 e. The highest BCUT2D eigenvalue weighted by atomic mass is 35.5. The minimum absolute atomic E-state index is 0.455. The number of anilines is 1. The van der Waals surface area contributed by atoms with Gasteiger partial charge in [-0.25, -0.2) is 0 Å². The Balaban J connectivity index is 2.05. The second kappa shape index (κ2) is 4.13. The van der Waals surface area contributed by atoms with Gasteiger partial charge in [-0.2, -0.15) is 0 Å². The van der Waals surface area contributed by atoms with Crippen LogP contribution in [-0.2, 0) is 0 Å². The van der Waals surface area contributed by atoms with Gasteiger partial charge >= 0.3 is 0 Å². The monoisotopic (exact) mass is 211 g/mol. The van der Waals surface area contributed by atoms with Crippen molar-refractivity contribution < 1.29 is 0 Å². The quantitative estimate of drug-likeness (QED) is 0.766. The summed E-state index contributed by atoms with van der Waals surface area (Å²) in [5.74, 6) is 1.80. The Hall–Kier alpha value is -0.830. The van der Waals surface area contributed by atoms with Crippen LogP contribution < -0.4 is 4.90 Å². The zero-order chi connectivity index (χ0) is 9.97. The Morgan fingerprint density at radius 1 is 1.43 bits per heavy atom. The second-order valence-electron chi connectivity index (χ2n) is 3.70. The molecule has 1 aromatic rings. The minimum atomic E-state index is 0.455. The van der Waals surface area contributed by atoms with Crippen LogP contribution in [-0.4, -0.2) is 23.3 Å². The van der Waals surface area contributed by atoms with Gasteiger partial charge in [0.05, 0.1) is 0 Å². The highest BCUT2D eigenvalue weighted by Crippen LogP contribution is 2.30. The van der Waals surface area contributed by atoms with Crippen LogP contribution in [0.4, 0.5) is 5.82 Å². The fraction of sp³-hybridized carbons (Fsp3) is 0.600. The molecule has 1 aliphatic carbocycles. The first-order valence-corrected chi connectivity index (χ1v) is 5.41. The van der Waals surface area contributed by atoms with Crippen molar-refractivity contribution in [1.29, 1.82) is 0 Å². The van der Waals surface area contributed by atoms with Crippen LogP contribution in [0.15, 0.2) is 12.1 Å². The van der Waals surface area contributed by atoms with E-state index < -0.39 is 0 Å². The highest BCUT2D eigenvalue weighted by Gasteiger charge is 2.24. The molecule has 4 heteroatoms. The van der Waals surface area contributed by atoms with Gasteiger partial charge in [-0.05, 0) is 37.8 Å². The molecule has 0 aliphatic heterocycles. The number of rotatable bonds is 4. The average molecular weight is 212 g/mol. The smallest absolute Gasteiger partial charge is 0.151 e. The van der Waals surface area contributed by atoms with Crippen LogP contribution in [0, 0.1) is 5.92 Å². The first-order chi connectivity index (χ1) is 6.79. The fourth-order valence-electron chi connectivity index (χ4n) is 1.47. The molecule has 0 N–H and O–H groups in total. The van der Waals surface area contributed by atoms with Gasteiger partial charge in [0.2, 0.25) is 0 Å². The van der Waals surface area contributed by atoms with Gasteiger partial charge in [0.25, 0.3) is 0 Å². The molecule has 1 saturated carbocycles. The summed E-state index contributed by atoms with van der Waals surface area (Å²) in [7, 11) is 0. The molecule has 76 valence electrons. The summed E-state index contributed by atoms with van der Waals surface area (Å²) in [6, 6.07) is 3.72. The van der Waals surface area contributed by atoms with Crippen molar-refractivity contribution in [3.05, 3.63) is 17.3 Å². The van der Waals surface area contributed by atoms with Crippen molar-refractivity contribution in [1.82, 2.24) is 10.2 Å². The molecule has 0 saturated heterocycles. The predicted octanol–water partition coefficient (Wildman–Crippen LogP) is 2.37. The molecule has 1 heterocycles. The van der Waals surface area contributed by atoms with Gasteiger partial charge < -0.3 is 4.90 Å². The van der Waals surface area contributed by atoms with Gasteiger partial charge in [-0.15, -0.1) is 10.2 Å². The van der Waals surface area contributed by atoms with Gasteiger partial charge in [0.15, 0.2) is 11.0 Å². The number of hydrogen-bond donors (Lipinski definition) is 0. The molecule has 0 aromatic carbocycles.